The molecule has 2 saturated heterocycles. The van der Waals surface area contributed by atoms with Gasteiger partial charge in [0.2, 0.25) is 0 Å². The summed E-state index contributed by atoms with van der Waals surface area (Å²) in [5, 5.41) is 2.91. The molecular formula is C21H30F2N2O2S. The summed E-state index contributed by atoms with van der Waals surface area (Å²) in [4.78, 5) is 12.7. The molecule has 1 aromatic carbocycles. The van der Waals surface area contributed by atoms with Crippen LogP contribution in [-0.4, -0.2) is 48.3 Å². The molecule has 1 amide bonds. The summed E-state index contributed by atoms with van der Waals surface area (Å²) >= 11 is 1.85. The number of nitrogens with zero attached hydrogens (tertiary/aromatic N) is 1. The highest BCUT2D eigenvalue weighted by molar-refractivity contribution is 7.96. The minimum Gasteiger partial charge on any atom is -0.378 e. The lowest BCUT2D eigenvalue weighted by Gasteiger charge is -2.42. The van der Waals surface area contributed by atoms with E-state index in [4.69, 9.17) is 4.74 Å². The maximum Gasteiger partial charge on any atom is 0.254 e. The van der Waals surface area contributed by atoms with Gasteiger partial charge >= 0.3 is 0 Å². The SMILES string of the molecule is CCSN1CCC(CNC(=O)c2c(F)ccc(F)c2C)(CC2CCCO2)CC1. The standard InChI is InChI=1S/C21H30F2N2O2S/c1-3-28-25-10-8-21(9-11-25,13-16-5-4-12-27-16)14-24-20(26)19-15(2)17(22)6-7-18(19)23/h6-7,16H,3-5,8-14H2,1-2H3,(H,24,26). The van der Waals surface area contributed by atoms with Crippen LogP contribution in [0.3, 0.4) is 0 Å². The highest BCUT2D eigenvalue weighted by atomic mass is 32.2. The van der Waals surface area contributed by atoms with Gasteiger partial charge in [-0.1, -0.05) is 18.9 Å². The second-order valence-electron chi connectivity index (χ2n) is 7.90. The predicted octanol–water partition coefficient (Wildman–Crippen LogP) is 4.32. The Hall–Kier alpha value is -1.18. The third kappa shape index (κ3) is 5.05. The number of nitrogens with one attached hydrogen (secondary N) is 1. The molecule has 3 rings (SSSR count). The molecule has 0 bridgehead atoms. The third-order valence-corrected chi connectivity index (χ3v) is 6.97. The monoisotopic (exact) mass is 412 g/mol. The van der Waals surface area contributed by atoms with E-state index < -0.39 is 17.5 Å². The van der Waals surface area contributed by atoms with Gasteiger partial charge in [-0.25, -0.2) is 8.78 Å². The van der Waals surface area contributed by atoms with E-state index in [1.807, 2.05) is 11.9 Å². The van der Waals surface area contributed by atoms with Crippen LogP contribution in [0.5, 0.6) is 0 Å². The Bertz CT molecular complexity index is 687. The van der Waals surface area contributed by atoms with Crippen molar-refractivity contribution in [3.05, 3.63) is 34.9 Å². The average molecular weight is 413 g/mol. The van der Waals surface area contributed by atoms with Gasteiger partial charge in [0.25, 0.3) is 5.91 Å². The molecule has 0 aromatic heterocycles. The summed E-state index contributed by atoms with van der Waals surface area (Å²) in [6.07, 6.45) is 5.20. The van der Waals surface area contributed by atoms with Crippen LogP contribution >= 0.6 is 11.9 Å². The van der Waals surface area contributed by atoms with Crippen LogP contribution in [0, 0.1) is 24.0 Å². The van der Waals surface area contributed by atoms with Crippen molar-refractivity contribution in [3.8, 4) is 0 Å². The molecule has 2 aliphatic rings. The fraction of sp³-hybridized carbons (Fsp3) is 0.667. The van der Waals surface area contributed by atoms with Crippen molar-refractivity contribution in [1.82, 2.24) is 9.62 Å². The molecule has 0 spiro atoms. The van der Waals surface area contributed by atoms with Crippen molar-refractivity contribution in [2.75, 3.05) is 32.0 Å². The summed E-state index contributed by atoms with van der Waals surface area (Å²) in [5.74, 6) is -0.732. The topological polar surface area (TPSA) is 41.6 Å². The van der Waals surface area contributed by atoms with E-state index in [0.29, 0.717) is 6.54 Å². The molecule has 1 N–H and O–H groups in total. The molecule has 1 atom stereocenters. The van der Waals surface area contributed by atoms with Crippen molar-refractivity contribution in [2.24, 2.45) is 5.41 Å². The lowest BCUT2D eigenvalue weighted by atomic mass is 9.74. The quantitative estimate of drug-likeness (QED) is 0.677. The molecule has 156 valence electrons. The Morgan fingerprint density at radius 1 is 1.32 bits per heavy atom. The number of ether oxygens (including phenoxy) is 1. The Morgan fingerprint density at radius 3 is 2.68 bits per heavy atom. The number of hydrogen-bond acceptors (Lipinski definition) is 4. The molecule has 0 saturated carbocycles. The van der Waals surface area contributed by atoms with Gasteiger partial charge in [0.05, 0.1) is 11.7 Å². The number of piperidine rings is 1. The maximum atomic E-state index is 14.1. The number of carbonyl (C=O) groups is 1. The number of hydrogen-bond donors (Lipinski definition) is 1. The molecule has 2 fully saturated rings. The number of carbonyl (C=O) groups excluding carboxylic acids is 1. The smallest absolute Gasteiger partial charge is 0.254 e. The fourth-order valence-electron chi connectivity index (χ4n) is 4.30. The Balaban J connectivity index is 1.69. The first kappa shape index (κ1) is 21.5. The fourth-order valence-corrected chi connectivity index (χ4v) is 5.11. The second-order valence-corrected chi connectivity index (χ2v) is 9.25. The van der Waals surface area contributed by atoms with Gasteiger partial charge < -0.3 is 10.1 Å². The Labute approximate surface area is 170 Å². The molecule has 1 aromatic rings. The number of amides is 1. The zero-order valence-corrected chi connectivity index (χ0v) is 17.5. The molecule has 2 heterocycles. The van der Waals surface area contributed by atoms with E-state index in [1.165, 1.54) is 6.92 Å². The van der Waals surface area contributed by atoms with E-state index >= 15 is 0 Å². The van der Waals surface area contributed by atoms with E-state index in [9.17, 15) is 13.6 Å². The number of rotatable bonds is 7. The molecule has 0 radical (unpaired) electrons. The Morgan fingerprint density at radius 2 is 2.04 bits per heavy atom. The van der Waals surface area contributed by atoms with Crippen molar-refractivity contribution in [2.45, 2.75) is 52.1 Å². The normalized spacial score (nSPS) is 22.4. The van der Waals surface area contributed by atoms with Gasteiger partial charge in [-0.15, -0.1) is 0 Å². The summed E-state index contributed by atoms with van der Waals surface area (Å²) < 4.78 is 36.2. The van der Waals surface area contributed by atoms with E-state index in [-0.39, 0.29) is 22.6 Å². The van der Waals surface area contributed by atoms with Crippen LogP contribution in [0.4, 0.5) is 8.78 Å². The van der Waals surface area contributed by atoms with Crippen LogP contribution in [0.15, 0.2) is 12.1 Å². The van der Waals surface area contributed by atoms with Crippen molar-refractivity contribution < 1.29 is 18.3 Å². The van der Waals surface area contributed by atoms with Crippen LogP contribution in [0.1, 0.15) is 54.9 Å². The van der Waals surface area contributed by atoms with Crippen molar-refractivity contribution in [1.29, 1.82) is 0 Å². The minimum atomic E-state index is -0.682. The lowest BCUT2D eigenvalue weighted by molar-refractivity contribution is 0.0372. The van der Waals surface area contributed by atoms with Gasteiger partial charge in [-0.05, 0) is 56.6 Å². The van der Waals surface area contributed by atoms with E-state index in [2.05, 4.69) is 16.5 Å². The van der Waals surface area contributed by atoms with Crippen molar-refractivity contribution >= 4 is 17.9 Å². The zero-order chi connectivity index (χ0) is 20.1. The minimum absolute atomic E-state index is 0.0554. The number of benzene rings is 1. The first-order valence-corrected chi connectivity index (χ1v) is 11.1. The molecule has 1 unspecified atom stereocenters. The van der Waals surface area contributed by atoms with Crippen molar-refractivity contribution in [3.63, 3.8) is 0 Å². The van der Waals surface area contributed by atoms with E-state index in [1.54, 1.807) is 0 Å². The number of halogens is 2. The predicted molar refractivity (Wildman–Crippen MR) is 108 cm³/mol. The van der Waals surface area contributed by atoms with Crippen LogP contribution in [-0.2, 0) is 4.74 Å². The van der Waals surface area contributed by atoms with Gasteiger partial charge in [0, 0.05) is 37.6 Å². The molecule has 7 heteroatoms. The van der Waals surface area contributed by atoms with Gasteiger partial charge in [-0.2, -0.15) is 0 Å². The summed E-state index contributed by atoms with van der Waals surface area (Å²) in [7, 11) is 0. The van der Waals surface area contributed by atoms with Crippen LogP contribution < -0.4 is 5.32 Å². The van der Waals surface area contributed by atoms with Crippen LogP contribution in [0.2, 0.25) is 0 Å². The Kier molecular flexibility index (Phi) is 7.34. The first-order chi connectivity index (χ1) is 13.4. The molecule has 0 aliphatic carbocycles. The highest BCUT2D eigenvalue weighted by Gasteiger charge is 2.38. The third-order valence-electron chi connectivity index (χ3n) is 5.98. The van der Waals surface area contributed by atoms with Gasteiger partial charge in [0.1, 0.15) is 11.6 Å². The van der Waals surface area contributed by atoms with E-state index in [0.717, 1.165) is 69.7 Å². The molecule has 4 nitrogen and oxygen atoms in total. The second kappa shape index (κ2) is 9.55. The summed E-state index contributed by atoms with van der Waals surface area (Å²) in [5.41, 5.74) is -0.196. The zero-order valence-electron chi connectivity index (χ0n) is 16.7. The first-order valence-electron chi connectivity index (χ1n) is 10.2. The molecule has 2 aliphatic heterocycles. The summed E-state index contributed by atoms with van der Waals surface area (Å²) in [6, 6.07) is 2.07. The van der Waals surface area contributed by atoms with Crippen LogP contribution in [0.25, 0.3) is 0 Å². The molecular weight excluding hydrogens is 382 g/mol. The maximum absolute atomic E-state index is 14.1. The molecule has 28 heavy (non-hydrogen) atoms. The largest absolute Gasteiger partial charge is 0.378 e. The highest BCUT2D eigenvalue weighted by Crippen LogP contribution is 2.39. The van der Waals surface area contributed by atoms with Gasteiger partial charge in [0.15, 0.2) is 0 Å². The summed E-state index contributed by atoms with van der Waals surface area (Å²) in [6.45, 7) is 6.79. The van der Waals surface area contributed by atoms with Gasteiger partial charge in [-0.3, -0.25) is 9.10 Å². The average Bonchev–Trinajstić information content (AvgIpc) is 3.18. The lowest BCUT2D eigenvalue weighted by Crippen LogP contribution is -2.46.